The van der Waals surface area contributed by atoms with Gasteiger partial charge in [0, 0.05) is 10.8 Å². The van der Waals surface area contributed by atoms with Crippen molar-refractivity contribution in [3.8, 4) is 0 Å². The van der Waals surface area contributed by atoms with Crippen LogP contribution in [0.15, 0.2) is 71.8 Å². The van der Waals surface area contributed by atoms with Crippen LogP contribution in [0, 0.1) is 35.5 Å². The van der Waals surface area contributed by atoms with Crippen LogP contribution < -0.4 is 10.9 Å². The second-order valence-corrected chi connectivity index (χ2v) is 18.4. The molecule has 0 spiro atoms. The molecule has 5 aliphatic carbocycles. The van der Waals surface area contributed by atoms with Gasteiger partial charge in [-0.1, -0.05) is 85.7 Å². The minimum Gasteiger partial charge on any atom is -0.399 e. The van der Waals surface area contributed by atoms with Crippen molar-refractivity contribution in [2.45, 2.75) is 115 Å². The predicted octanol–water partition coefficient (Wildman–Crippen LogP) is 6.90. The average molecular weight is 616 g/mol. The maximum atomic E-state index is 6.36. The molecule has 2 aromatic rings. The predicted molar refractivity (Wildman–Crippen MR) is 185 cm³/mol. The highest BCUT2D eigenvalue weighted by molar-refractivity contribution is 6.62. The first kappa shape index (κ1) is 30.0. The van der Waals surface area contributed by atoms with E-state index in [0.717, 1.165) is 34.6 Å². The number of rotatable bonds is 4. The van der Waals surface area contributed by atoms with Crippen molar-refractivity contribution < 1.29 is 18.6 Å². The van der Waals surface area contributed by atoms with Crippen molar-refractivity contribution in [2.24, 2.45) is 35.5 Å². The van der Waals surface area contributed by atoms with Crippen molar-refractivity contribution in [3.05, 3.63) is 83.0 Å². The lowest BCUT2D eigenvalue weighted by Gasteiger charge is -2.73. The van der Waals surface area contributed by atoms with Crippen molar-refractivity contribution in [1.82, 2.24) is 0 Å². The molecule has 4 unspecified atom stereocenters. The van der Waals surface area contributed by atoms with Gasteiger partial charge in [-0.25, -0.2) is 0 Å². The van der Waals surface area contributed by atoms with E-state index in [0.29, 0.717) is 11.8 Å². The van der Waals surface area contributed by atoms with E-state index in [9.17, 15) is 0 Å². The van der Waals surface area contributed by atoms with Gasteiger partial charge < -0.3 is 18.6 Å². The highest BCUT2D eigenvalue weighted by Gasteiger charge is 2.74. The summed E-state index contributed by atoms with van der Waals surface area (Å²) in [6, 6.07) is 18.4. The number of allylic oxidation sites excluding steroid dienone is 4. The van der Waals surface area contributed by atoms with Crippen LogP contribution in [0.1, 0.15) is 93.2 Å². The summed E-state index contributed by atoms with van der Waals surface area (Å²) in [7, 11) is -0.633. The summed E-state index contributed by atoms with van der Waals surface area (Å²) in [4.78, 5) is 0. The molecule has 4 nitrogen and oxygen atoms in total. The third-order valence-electron chi connectivity index (χ3n) is 14.7. The third-order valence-corrected chi connectivity index (χ3v) is 14.7. The molecule has 2 aromatic carbocycles. The Hall–Kier alpha value is -2.11. The van der Waals surface area contributed by atoms with Crippen LogP contribution in [0.4, 0.5) is 0 Å². The zero-order chi connectivity index (χ0) is 32.4. The summed E-state index contributed by atoms with van der Waals surface area (Å²) in [5.41, 5.74) is 7.36. The molecule has 0 radical (unpaired) electrons. The fourth-order valence-electron chi connectivity index (χ4n) is 10.5. The van der Waals surface area contributed by atoms with E-state index in [4.69, 9.17) is 18.6 Å². The molecule has 0 bridgehead atoms. The molecular weight excluding hydrogens is 566 g/mol. The van der Waals surface area contributed by atoms with E-state index >= 15 is 0 Å². The normalized spacial score (nSPS) is 41.3. The van der Waals surface area contributed by atoms with Gasteiger partial charge in [0.15, 0.2) is 0 Å². The summed E-state index contributed by atoms with van der Waals surface area (Å²) >= 11 is 0. The molecule has 3 saturated carbocycles. The van der Waals surface area contributed by atoms with Gasteiger partial charge in [-0.3, -0.25) is 0 Å². The Morgan fingerprint density at radius 3 is 1.09 bits per heavy atom. The van der Waals surface area contributed by atoms with Crippen LogP contribution in [-0.2, 0) is 29.4 Å². The maximum absolute atomic E-state index is 6.36. The highest BCUT2D eigenvalue weighted by Crippen LogP contribution is 2.80. The highest BCUT2D eigenvalue weighted by atomic mass is 16.7. The summed E-state index contributed by atoms with van der Waals surface area (Å²) in [5, 5.41) is 0. The Labute approximate surface area is 277 Å². The van der Waals surface area contributed by atoms with E-state index < -0.39 is 0 Å². The zero-order valence-corrected chi connectivity index (χ0v) is 29.4. The second-order valence-electron chi connectivity index (χ2n) is 18.4. The second kappa shape index (κ2) is 8.91. The summed E-state index contributed by atoms with van der Waals surface area (Å²) in [6.45, 7) is 22.0. The smallest absolute Gasteiger partial charge is 0.399 e. The molecule has 7 aliphatic rings. The van der Waals surface area contributed by atoms with Crippen molar-refractivity contribution in [2.75, 3.05) is 0 Å². The van der Waals surface area contributed by atoms with E-state index in [-0.39, 0.29) is 47.5 Å². The first-order chi connectivity index (χ1) is 21.4. The number of hydrogen-bond donors (Lipinski definition) is 0. The molecule has 0 N–H and O–H groups in total. The summed E-state index contributed by atoms with van der Waals surface area (Å²) in [5.74, 6) is 4.70. The monoisotopic (exact) mass is 616 g/mol. The van der Waals surface area contributed by atoms with Gasteiger partial charge >= 0.3 is 14.2 Å². The van der Waals surface area contributed by atoms with Gasteiger partial charge in [0.2, 0.25) is 0 Å². The molecule has 0 amide bonds. The standard InChI is InChI=1S/C40H50B2O4/c1-35(2)36(3,4)44-41(43-35)25-15-11-23(12-16-25)39(9)19-27-29-21-40(10,22-30-28(20-39)32-31(27)33(29)34(30)32)24-13-17-26(18-14-24)42-45-37(5,6)38(7,8)46-42/h11-19,22,28-29,31-34H,20-21H2,1-10H3. The van der Waals surface area contributed by atoms with Crippen LogP contribution in [0.2, 0.25) is 0 Å². The quantitative estimate of drug-likeness (QED) is 0.277. The van der Waals surface area contributed by atoms with E-state index in [1.54, 1.807) is 11.1 Å². The lowest BCUT2D eigenvalue weighted by atomic mass is 9.31. The van der Waals surface area contributed by atoms with Gasteiger partial charge in [0.1, 0.15) is 0 Å². The van der Waals surface area contributed by atoms with Gasteiger partial charge in [-0.2, -0.15) is 0 Å². The van der Waals surface area contributed by atoms with E-state index in [1.807, 2.05) is 0 Å². The molecular formula is C40H50B2O4. The topological polar surface area (TPSA) is 36.9 Å². The fourth-order valence-corrected chi connectivity index (χ4v) is 10.5. The van der Waals surface area contributed by atoms with Crippen LogP contribution in [0.3, 0.4) is 0 Å². The maximum Gasteiger partial charge on any atom is 0.494 e. The Balaban J connectivity index is 0.994. The number of benzene rings is 2. The summed E-state index contributed by atoms with van der Waals surface area (Å²) in [6.07, 6.45) is 7.88. The minimum absolute atomic E-state index is 0.0390. The van der Waals surface area contributed by atoms with E-state index in [1.165, 1.54) is 24.0 Å². The SMILES string of the molecule is CC1(c2ccc(B3OC(C)(C)C(C)(C)O3)cc2)C=C2C3CC(C)(c4ccc(B5OC(C)(C)C(C)(C)O5)cc4)C=C4C(C1)C1C4C3C21. The van der Waals surface area contributed by atoms with Crippen LogP contribution >= 0.6 is 0 Å². The Kier molecular flexibility index (Phi) is 5.81. The average Bonchev–Trinajstić information content (AvgIpc) is 3.37. The molecule has 0 aromatic heterocycles. The molecule has 2 heterocycles. The molecule has 4 atom stereocenters. The van der Waals surface area contributed by atoms with Gasteiger partial charge in [-0.15, -0.1) is 0 Å². The van der Waals surface area contributed by atoms with Crippen LogP contribution in [0.5, 0.6) is 0 Å². The molecule has 5 fully saturated rings. The number of hydrogen-bond acceptors (Lipinski definition) is 4. The molecule has 240 valence electrons. The molecule has 2 saturated heterocycles. The van der Waals surface area contributed by atoms with Crippen molar-refractivity contribution >= 4 is 25.2 Å². The minimum atomic E-state index is -0.329. The first-order valence-electron chi connectivity index (χ1n) is 17.8. The van der Waals surface area contributed by atoms with Gasteiger partial charge in [0.05, 0.1) is 22.4 Å². The van der Waals surface area contributed by atoms with Gasteiger partial charge in [0.25, 0.3) is 0 Å². The first-order valence-corrected chi connectivity index (χ1v) is 17.8. The van der Waals surface area contributed by atoms with Crippen LogP contribution in [0.25, 0.3) is 0 Å². The van der Waals surface area contributed by atoms with Crippen molar-refractivity contribution in [1.29, 1.82) is 0 Å². The Bertz CT molecular complexity index is 1520. The fraction of sp³-hybridized carbons (Fsp3) is 0.600. The molecule has 46 heavy (non-hydrogen) atoms. The number of fused-ring (bicyclic) bond motifs is 2. The lowest BCUT2D eigenvalue weighted by molar-refractivity contribution is -0.148. The zero-order valence-electron chi connectivity index (χ0n) is 29.4. The Morgan fingerprint density at radius 1 is 0.478 bits per heavy atom. The Morgan fingerprint density at radius 2 is 0.783 bits per heavy atom. The molecule has 2 aliphatic heterocycles. The summed E-state index contributed by atoms with van der Waals surface area (Å²) < 4.78 is 25.5. The van der Waals surface area contributed by atoms with Gasteiger partial charge in [-0.05, 0) is 126 Å². The molecule has 9 rings (SSSR count). The molecule has 6 heteroatoms. The third kappa shape index (κ3) is 3.79. The largest absolute Gasteiger partial charge is 0.494 e. The van der Waals surface area contributed by atoms with Crippen molar-refractivity contribution in [3.63, 3.8) is 0 Å². The van der Waals surface area contributed by atoms with Crippen LogP contribution in [-0.4, -0.2) is 36.6 Å². The lowest BCUT2D eigenvalue weighted by Crippen LogP contribution is -2.68. The van der Waals surface area contributed by atoms with E-state index in [2.05, 4.69) is 130 Å².